The Morgan fingerprint density at radius 1 is 1.37 bits per heavy atom. The summed E-state index contributed by atoms with van der Waals surface area (Å²) in [5, 5.41) is 8.11. The van der Waals surface area contributed by atoms with Gasteiger partial charge in [0.15, 0.2) is 0 Å². The number of methoxy groups -OCH3 is 1. The Morgan fingerprint density at radius 2 is 2.16 bits per heavy atom. The molecule has 0 saturated carbocycles. The quantitative estimate of drug-likeness (QED) is 0.740. The summed E-state index contributed by atoms with van der Waals surface area (Å²) in [6.07, 6.45) is 0. The van der Waals surface area contributed by atoms with Crippen LogP contribution >= 0.6 is 0 Å². The summed E-state index contributed by atoms with van der Waals surface area (Å²) >= 11 is 0. The maximum absolute atomic E-state index is 5.70. The lowest BCUT2D eigenvalue weighted by atomic mass is 10.1. The maximum atomic E-state index is 5.70. The predicted molar refractivity (Wildman–Crippen MR) is 76.2 cm³/mol. The molecule has 0 aliphatic heterocycles. The van der Waals surface area contributed by atoms with Crippen LogP contribution in [0.3, 0.4) is 0 Å². The lowest BCUT2D eigenvalue weighted by molar-refractivity contribution is 0.418. The van der Waals surface area contributed by atoms with Gasteiger partial charge in [-0.3, -0.25) is 5.10 Å². The van der Waals surface area contributed by atoms with Crippen LogP contribution in [0.2, 0.25) is 0 Å². The van der Waals surface area contributed by atoms with Crippen molar-refractivity contribution in [2.24, 2.45) is 7.05 Å². The van der Waals surface area contributed by atoms with E-state index in [-0.39, 0.29) is 0 Å². The largest absolute Gasteiger partial charge is 0.495 e. The second kappa shape index (κ2) is 4.05. The number of anilines is 1. The smallest absolute Gasteiger partial charge is 0.145 e. The second-order valence-corrected chi connectivity index (χ2v) is 4.58. The van der Waals surface area contributed by atoms with Crippen LogP contribution in [0.25, 0.3) is 22.2 Å². The average Bonchev–Trinajstić information content (AvgIpc) is 2.93. The van der Waals surface area contributed by atoms with Crippen LogP contribution in [0.4, 0.5) is 5.82 Å². The first-order valence-corrected chi connectivity index (χ1v) is 6.06. The highest BCUT2D eigenvalue weighted by atomic mass is 16.5. The van der Waals surface area contributed by atoms with Crippen molar-refractivity contribution < 1.29 is 4.74 Å². The molecule has 19 heavy (non-hydrogen) atoms. The Hall–Kier alpha value is -2.43. The lowest BCUT2D eigenvalue weighted by Crippen LogP contribution is -1.93. The number of hydrogen-bond donors (Lipinski definition) is 2. The summed E-state index contributed by atoms with van der Waals surface area (Å²) in [7, 11) is 3.72. The highest BCUT2D eigenvalue weighted by Crippen LogP contribution is 2.37. The van der Waals surface area contributed by atoms with Gasteiger partial charge >= 0.3 is 0 Å². The molecule has 0 fully saturated rings. The molecule has 2 heterocycles. The Morgan fingerprint density at radius 3 is 2.79 bits per heavy atom. The molecule has 5 heteroatoms. The van der Waals surface area contributed by atoms with Gasteiger partial charge in [-0.15, -0.1) is 0 Å². The predicted octanol–water partition coefficient (Wildman–Crippen LogP) is 2.47. The molecule has 0 spiro atoms. The van der Waals surface area contributed by atoms with E-state index in [1.807, 2.05) is 25.2 Å². The van der Waals surface area contributed by atoms with Crippen molar-refractivity contribution in [3.8, 4) is 17.0 Å². The zero-order valence-corrected chi connectivity index (χ0v) is 11.2. The van der Waals surface area contributed by atoms with Crippen molar-refractivity contribution in [3.05, 3.63) is 30.0 Å². The third-order valence-electron chi connectivity index (χ3n) is 3.56. The van der Waals surface area contributed by atoms with Crippen LogP contribution in [0.15, 0.2) is 24.3 Å². The number of aromatic amines is 1. The van der Waals surface area contributed by atoms with Gasteiger partial charge in [0, 0.05) is 29.8 Å². The molecule has 3 rings (SSSR count). The molecule has 2 aromatic heterocycles. The minimum atomic E-state index is 0.495. The summed E-state index contributed by atoms with van der Waals surface area (Å²) in [6.45, 7) is 2.08. The van der Waals surface area contributed by atoms with E-state index in [0.717, 1.165) is 33.6 Å². The number of fused-ring (bicyclic) bond motifs is 1. The molecule has 0 unspecified atom stereocenters. The van der Waals surface area contributed by atoms with E-state index >= 15 is 0 Å². The van der Waals surface area contributed by atoms with E-state index in [1.54, 1.807) is 7.11 Å². The van der Waals surface area contributed by atoms with E-state index < -0.39 is 0 Å². The standard InChI is InChI=1S/C14H16N4O/c1-8-13(10-7-12(15)17-16-10)9-5-4-6-11(19-3)14(9)18(8)2/h4-7H,1-3H3,(H3,15,16,17). The van der Waals surface area contributed by atoms with E-state index in [4.69, 9.17) is 10.5 Å². The number of para-hydroxylation sites is 1. The van der Waals surface area contributed by atoms with Crippen LogP contribution in [-0.4, -0.2) is 21.9 Å². The van der Waals surface area contributed by atoms with Crippen LogP contribution in [0, 0.1) is 6.92 Å². The summed E-state index contributed by atoms with van der Waals surface area (Å²) in [5.41, 5.74) is 9.95. The molecule has 5 nitrogen and oxygen atoms in total. The Kier molecular flexibility index (Phi) is 2.48. The van der Waals surface area contributed by atoms with Crippen LogP contribution in [0.5, 0.6) is 5.75 Å². The van der Waals surface area contributed by atoms with Gasteiger partial charge in [-0.25, -0.2) is 0 Å². The Bertz CT molecular complexity index is 754. The third kappa shape index (κ3) is 1.58. The SMILES string of the molecule is COc1cccc2c(-c3cc(N)n[nH]3)c(C)n(C)c12. The van der Waals surface area contributed by atoms with Gasteiger partial charge in [0.2, 0.25) is 0 Å². The Labute approximate surface area is 111 Å². The molecular formula is C14H16N4O. The van der Waals surface area contributed by atoms with Gasteiger partial charge in [0.05, 0.1) is 18.3 Å². The van der Waals surface area contributed by atoms with E-state index in [9.17, 15) is 0 Å². The second-order valence-electron chi connectivity index (χ2n) is 4.58. The van der Waals surface area contributed by atoms with Gasteiger partial charge < -0.3 is 15.0 Å². The van der Waals surface area contributed by atoms with E-state index in [2.05, 4.69) is 27.8 Å². The minimum Gasteiger partial charge on any atom is -0.495 e. The summed E-state index contributed by atoms with van der Waals surface area (Å²) in [4.78, 5) is 0. The monoisotopic (exact) mass is 256 g/mol. The highest BCUT2D eigenvalue weighted by Gasteiger charge is 2.17. The topological polar surface area (TPSA) is 68.9 Å². The number of benzene rings is 1. The van der Waals surface area contributed by atoms with Crippen molar-refractivity contribution in [2.45, 2.75) is 6.92 Å². The van der Waals surface area contributed by atoms with Crippen molar-refractivity contribution in [1.29, 1.82) is 0 Å². The van der Waals surface area contributed by atoms with Crippen molar-refractivity contribution >= 4 is 16.7 Å². The minimum absolute atomic E-state index is 0.495. The molecule has 0 saturated heterocycles. The summed E-state index contributed by atoms with van der Waals surface area (Å²) < 4.78 is 7.57. The number of rotatable bonds is 2. The number of nitrogens with two attached hydrogens (primary N) is 1. The zero-order chi connectivity index (χ0) is 13.6. The molecule has 0 aliphatic carbocycles. The fourth-order valence-electron chi connectivity index (χ4n) is 2.57. The van der Waals surface area contributed by atoms with Crippen LogP contribution in [0.1, 0.15) is 5.69 Å². The van der Waals surface area contributed by atoms with Gasteiger partial charge in [0.1, 0.15) is 11.6 Å². The molecule has 0 bridgehead atoms. The molecule has 98 valence electrons. The molecular weight excluding hydrogens is 240 g/mol. The number of nitrogens with zero attached hydrogens (tertiary/aromatic N) is 2. The Balaban J connectivity index is 2.40. The molecule has 0 radical (unpaired) electrons. The molecule has 0 aliphatic rings. The zero-order valence-electron chi connectivity index (χ0n) is 11.2. The third-order valence-corrected chi connectivity index (χ3v) is 3.56. The first kappa shape index (κ1) is 11.6. The fourth-order valence-corrected chi connectivity index (χ4v) is 2.57. The van der Waals surface area contributed by atoms with Gasteiger partial charge in [-0.2, -0.15) is 5.10 Å². The number of aryl methyl sites for hydroxylation is 1. The number of hydrogen-bond acceptors (Lipinski definition) is 3. The fraction of sp³-hybridized carbons (Fsp3) is 0.214. The normalized spacial score (nSPS) is 11.1. The van der Waals surface area contributed by atoms with Crippen molar-refractivity contribution in [2.75, 3.05) is 12.8 Å². The number of H-pyrrole nitrogens is 1. The van der Waals surface area contributed by atoms with Crippen molar-refractivity contribution in [1.82, 2.24) is 14.8 Å². The number of nitrogens with one attached hydrogen (secondary N) is 1. The molecule has 0 atom stereocenters. The molecule has 0 amide bonds. The number of ether oxygens (including phenoxy) is 1. The molecule has 1 aromatic carbocycles. The van der Waals surface area contributed by atoms with Gasteiger partial charge in [-0.1, -0.05) is 12.1 Å². The molecule has 3 N–H and O–H groups in total. The maximum Gasteiger partial charge on any atom is 0.145 e. The highest BCUT2D eigenvalue weighted by molar-refractivity contribution is 6.00. The summed E-state index contributed by atoms with van der Waals surface area (Å²) in [5.74, 6) is 1.36. The van der Waals surface area contributed by atoms with Crippen LogP contribution < -0.4 is 10.5 Å². The average molecular weight is 256 g/mol. The van der Waals surface area contributed by atoms with Gasteiger partial charge in [-0.05, 0) is 13.0 Å². The van der Waals surface area contributed by atoms with E-state index in [0.29, 0.717) is 5.82 Å². The van der Waals surface area contributed by atoms with E-state index in [1.165, 1.54) is 0 Å². The van der Waals surface area contributed by atoms with Crippen molar-refractivity contribution in [3.63, 3.8) is 0 Å². The first-order chi connectivity index (χ1) is 9.13. The first-order valence-electron chi connectivity index (χ1n) is 6.06. The number of aromatic nitrogens is 3. The van der Waals surface area contributed by atoms with Crippen LogP contribution in [-0.2, 0) is 7.05 Å². The summed E-state index contributed by atoms with van der Waals surface area (Å²) in [6, 6.07) is 7.88. The molecule has 3 aromatic rings. The van der Waals surface area contributed by atoms with Gasteiger partial charge in [0.25, 0.3) is 0 Å². The lowest BCUT2D eigenvalue weighted by Gasteiger charge is -2.04. The number of nitrogen functional groups attached to an aromatic ring is 1.